The van der Waals surface area contributed by atoms with Crippen molar-refractivity contribution in [3.63, 3.8) is 0 Å². The normalized spacial score (nSPS) is 12.5. The van der Waals surface area contributed by atoms with E-state index in [1.54, 1.807) is 31.2 Å². The number of hydrogen-bond donors (Lipinski definition) is 2. The van der Waals surface area contributed by atoms with Gasteiger partial charge in [-0.1, -0.05) is 5.16 Å². The second-order valence-corrected chi connectivity index (χ2v) is 5.61. The van der Waals surface area contributed by atoms with Gasteiger partial charge in [-0.15, -0.1) is 0 Å². The third-order valence-corrected chi connectivity index (χ3v) is 3.68. The predicted molar refractivity (Wildman–Crippen MR) is 93.9 cm³/mol. The molecule has 0 bridgehead atoms. The van der Waals surface area contributed by atoms with E-state index in [9.17, 15) is 10.1 Å². The molecule has 0 aliphatic carbocycles. The minimum absolute atomic E-state index is 0.0108. The predicted octanol–water partition coefficient (Wildman–Crippen LogP) is 2.94. The molecule has 0 radical (unpaired) electrons. The molecule has 2 aromatic heterocycles. The fourth-order valence-corrected chi connectivity index (χ4v) is 2.54. The summed E-state index contributed by atoms with van der Waals surface area (Å²) in [5, 5.41) is 21.1. The van der Waals surface area contributed by atoms with Crippen molar-refractivity contribution in [2.75, 3.05) is 23.8 Å². The van der Waals surface area contributed by atoms with Crippen LogP contribution in [0.2, 0.25) is 0 Å². The first-order chi connectivity index (χ1) is 13.1. The number of fused-ring (bicyclic) bond motifs is 1. The molecule has 0 unspecified atom stereocenters. The fraction of sp³-hybridized carbons (Fsp3) is 0.188. The van der Waals surface area contributed by atoms with Gasteiger partial charge in [-0.2, -0.15) is 0 Å². The van der Waals surface area contributed by atoms with E-state index in [-0.39, 0.29) is 17.3 Å². The SMILES string of the molecule is Cc1cc(Nc2ncnc(Nc3ccc4c(c3)OCCO4)c2[N+](=O)[O-])no1. The van der Waals surface area contributed by atoms with Gasteiger partial charge in [0, 0.05) is 17.8 Å². The Morgan fingerprint density at radius 3 is 2.52 bits per heavy atom. The number of aromatic nitrogens is 3. The van der Waals surface area contributed by atoms with Crippen LogP contribution in [0, 0.1) is 17.0 Å². The molecule has 27 heavy (non-hydrogen) atoms. The van der Waals surface area contributed by atoms with Gasteiger partial charge in [0.1, 0.15) is 25.3 Å². The fourth-order valence-electron chi connectivity index (χ4n) is 2.54. The molecule has 0 spiro atoms. The lowest BCUT2D eigenvalue weighted by Crippen LogP contribution is -2.15. The maximum absolute atomic E-state index is 11.6. The first-order valence-corrected chi connectivity index (χ1v) is 7.96. The van der Waals surface area contributed by atoms with Gasteiger partial charge in [-0.3, -0.25) is 10.1 Å². The van der Waals surface area contributed by atoms with E-state index in [1.807, 2.05) is 0 Å². The molecule has 11 nitrogen and oxygen atoms in total. The van der Waals surface area contributed by atoms with Gasteiger partial charge in [0.15, 0.2) is 17.3 Å². The van der Waals surface area contributed by atoms with Crippen molar-refractivity contribution in [1.29, 1.82) is 0 Å². The molecular weight excluding hydrogens is 356 g/mol. The molecule has 0 atom stereocenters. The third kappa shape index (κ3) is 3.42. The minimum Gasteiger partial charge on any atom is -0.486 e. The summed E-state index contributed by atoms with van der Waals surface area (Å²) in [7, 11) is 0. The molecule has 1 aliphatic heterocycles. The molecule has 0 fully saturated rings. The van der Waals surface area contributed by atoms with Crippen LogP contribution in [0.3, 0.4) is 0 Å². The Bertz CT molecular complexity index is 1000. The minimum atomic E-state index is -0.574. The summed E-state index contributed by atoms with van der Waals surface area (Å²) in [5.74, 6) is 2.05. The van der Waals surface area contributed by atoms with Gasteiger partial charge in [-0.05, 0) is 19.1 Å². The van der Waals surface area contributed by atoms with E-state index in [0.29, 0.717) is 42.0 Å². The first kappa shape index (κ1) is 16.6. The lowest BCUT2D eigenvalue weighted by molar-refractivity contribution is -0.383. The average Bonchev–Trinajstić information content (AvgIpc) is 3.06. The number of anilines is 4. The number of nitro groups is 1. The highest BCUT2D eigenvalue weighted by Gasteiger charge is 2.24. The van der Waals surface area contributed by atoms with Crippen LogP contribution in [0.5, 0.6) is 11.5 Å². The number of ether oxygens (including phenoxy) is 2. The van der Waals surface area contributed by atoms with Crippen molar-refractivity contribution in [3.8, 4) is 11.5 Å². The standard InChI is InChI=1S/C16H14N6O5/c1-9-6-13(21-27-9)20-16-14(22(23)24)15(17-8-18-16)19-10-2-3-11-12(7-10)26-5-4-25-11/h2-3,6-8H,4-5H2,1H3,(H2,17,18,19,20,21). The van der Waals surface area contributed by atoms with Crippen LogP contribution in [-0.2, 0) is 0 Å². The van der Waals surface area contributed by atoms with Crippen molar-refractivity contribution >= 4 is 28.8 Å². The highest BCUT2D eigenvalue weighted by molar-refractivity contribution is 5.76. The molecule has 11 heteroatoms. The number of hydrogen-bond acceptors (Lipinski definition) is 10. The first-order valence-electron chi connectivity index (χ1n) is 7.96. The summed E-state index contributed by atoms with van der Waals surface area (Å²) in [6.45, 7) is 2.63. The van der Waals surface area contributed by atoms with Gasteiger partial charge in [-0.25, -0.2) is 9.97 Å². The molecule has 138 valence electrons. The highest BCUT2D eigenvalue weighted by atomic mass is 16.6. The Morgan fingerprint density at radius 2 is 1.81 bits per heavy atom. The lowest BCUT2D eigenvalue weighted by atomic mass is 10.2. The van der Waals surface area contributed by atoms with E-state index in [0.717, 1.165) is 0 Å². The second kappa shape index (κ2) is 6.78. The monoisotopic (exact) mass is 370 g/mol. The van der Waals surface area contributed by atoms with Gasteiger partial charge in [0.2, 0.25) is 11.6 Å². The van der Waals surface area contributed by atoms with E-state index in [4.69, 9.17) is 14.0 Å². The Kier molecular flexibility index (Phi) is 4.16. The summed E-state index contributed by atoms with van der Waals surface area (Å²) in [6.07, 6.45) is 1.21. The molecule has 0 saturated carbocycles. The number of benzene rings is 1. The van der Waals surface area contributed by atoms with Crippen molar-refractivity contribution in [2.45, 2.75) is 6.92 Å². The highest BCUT2D eigenvalue weighted by Crippen LogP contribution is 2.36. The number of nitrogens with zero attached hydrogens (tertiary/aromatic N) is 4. The molecule has 4 rings (SSSR count). The van der Waals surface area contributed by atoms with E-state index >= 15 is 0 Å². The average molecular weight is 370 g/mol. The van der Waals surface area contributed by atoms with Crippen molar-refractivity contribution in [2.24, 2.45) is 0 Å². The maximum Gasteiger partial charge on any atom is 0.353 e. The van der Waals surface area contributed by atoms with Gasteiger partial charge >= 0.3 is 5.69 Å². The zero-order valence-corrected chi connectivity index (χ0v) is 14.1. The zero-order chi connectivity index (χ0) is 18.8. The Labute approximate surface area is 152 Å². The van der Waals surface area contributed by atoms with Crippen LogP contribution in [0.15, 0.2) is 35.1 Å². The number of nitrogens with one attached hydrogen (secondary N) is 2. The Hall–Kier alpha value is -3.89. The maximum atomic E-state index is 11.6. The van der Waals surface area contributed by atoms with Crippen LogP contribution < -0.4 is 20.1 Å². The summed E-state index contributed by atoms with van der Waals surface area (Å²) < 4.78 is 15.9. The van der Waals surface area contributed by atoms with Gasteiger partial charge in [0.05, 0.1) is 4.92 Å². The quantitative estimate of drug-likeness (QED) is 0.509. The molecular formula is C16H14N6O5. The van der Waals surface area contributed by atoms with E-state index in [2.05, 4.69) is 25.8 Å². The summed E-state index contributed by atoms with van der Waals surface area (Å²) >= 11 is 0. The zero-order valence-electron chi connectivity index (χ0n) is 14.1. The van der Waals surface area contributed by atoms with Gasteiger partial charge < -0.3 is 24.6 Å². The Balaban J connectivity index is 1.66. The van der Waals surface area contributed by atoms with Crippen LogP contribution in [0.4, 0.5) is 28.8 Å². The van der Waals surface area contributed by atoms with Crippen LogP contribution in [0.25, 0.3) is 0 Å². The van der Waals surface area contributed by atoms with Gasteiger partial charge in [0.25, 0.3) is 0 Å². The van der Waals surface area contributed by atoms with Crippen LogP contribution >= 0.6 is 0 Å². The van der Waals surface area contributed by atoms with Crippen molar-refractivity contribution in [3.05, 3.63) is 46.5 Å². The molecule has 3 aromatic rings. The van der Waals surface area contributed by atoms with Crippen LogP contribution in [0.1, 0.15) is 5.76 Å². The summed E-state index contributed by atoms with van der Waals surface area (Å²) in [6, 6.07) is 6.72. The Morgan fingerprint density at radius 1 is 1.07 bits per heavy atom. The molecule has 0 saturated heterocycles. The topological polar surface area (TPSA) is 137 Å². The molecule has 0 amide bonds. The largest absolute Gasteiger partial charge is 0.486 e. The second-order valence-electron chi connectivity index (χ2n) is 5.61. The van der Waals surface area contributed by atoms with E-state index in [1.165, 1.54) is 6.33 Å². The summed E-state index contributed by atoms with van der Waals surface area (Å²) in [5.41, 5.74) is 0.234. The lowest BCUT2D eigenvalue weighted by Gasteiger charge is -2.19. The van der Waals surface area contributed by atoms with Crippen molar-refractivity contribution < 1.29 is 18.9 Å². The molecule has 1 aromatic carbocycles. The number of rotatable bonds is 5. The molecule has 3 heterocycles. The smallest absolute Gasteiger partial charge is 0.353 e. The number of aryl methyl sites for hydroxylation is 1. The van der Waals surface area contributed by atoms with Crippen LogP contribution in [-0.4, -0.2) is 33.3 Å². The summed E-state index contributed by atoms with van der Waals surface area (Å²) in [4.78, 5) is 19.0. The van der Waals surface area contributed by atoms with E-state index < -0.39 is 4.92 Å². The molecule has 2 N–H and O–H groups in total. The molecule has 1 aliphatic rings. The third-order valence-electron chi connectivity index (χ3n) is 3.68. The van der Waals surface area contributed by atoms with Crippen molar-refractivity contribution in [1.82, 2.24) is 15.1 Å².